The molecule has 3 amide bonds. The highest BCUT2D eigenvalue weighted by Crippen LogP contribution is 2.08. The fourth-order valence-electron chi connectivity index (χ4n) is 3.29. The third-order valence-corrected chi connectivity index (χ3v) is 5.16. The van der Waals surface area contributed by atoms with Gasteiger partial charge in [-0.1, -0.05) is 31.4 Å². The first kappa shape index (κ1) is 27.1. The minimum atomic E-state index is -0.596. The summed E-state index contributed by atoms with van der Waals surface area (Å²) in [7, 11) is 1.44. The van der Waals surface area contributed by atoms with E-state index in [-0.39, 0.29) is 18.6 Å². The molecule has 0 aromatic heterocycles. The second kappa shape index (κ2) is 18.8. The first-order chi connectivity index (χ1) is 15.1. The molecule has 3 N–H and O–H groups in total. The molecule has 178 valence electrons. The zero-order valence-electron chi connectivity index (χ0n) is 19.1. The molecule has 8 heteroatoms. The number of likely N-dealkylation sites (N-methyl/N-ethyl adjacent to an activating group) is 1. The molecule has 0 aromatic carbocycles. The number of hydrogen-bond donors (Lipinski definition) is 3. The van der Waals surface area contributed by atoms with Crippen LogP contribution in [0.3, 0.4) is 0 Å². The number of rotatable bonds is 16. The van der Waals surface area contributed by atoms with E-state index in [1.807, 2.05) is 0 Å². The molecule has 0 spiro atoms. The monoisotopic (exact) mass is 439 g/mol. The maximum Gasteiger partial charge on any atom is 0.309 e. The summed E-state index contributed by atoms with van der Waals surface area (Å²) in [5.41, 5.74) is 0. The van der Waals surface area contributed by atoms with Crippen molar-refractivity contribution in [2.45, 2.75) is 76.7 Å². The fourth-order valence-corrected chi connectivity index (χ4v) is 3.29. The van der Waals surface area contributed by atoms with E-state index in [1.54, 1.807) is 0 Å². The molecule has 0 aliphatic carbocycles. The highest BCUT2D eigenvalue weighted by Gasteiger charge is 2.15. The second-order valence-electron chi connectivity index (χ2n) is 7.87. The Bertz CT molecular complexity index is 533. The number of hydrogen-bond acceptors (Lipinski definition) is 5. The fraction of sp³-hybridized carbons (Fsp3) is 0.783. The van der Waals surface area contributed by atoms with Crippen LogP contribution in [0.4, 0.5) is 0 Å². The zero-order chi connectivity index (χ0) is 22.6. The van der Waals surface area contributed by atoms with Gasteiger partial charge in [-0.2, -0.15) is 0 Å². The molecule has 0 unspecified atom stereocenters. The van der Waals surface area contributed by atoms with E-state index in [1.165, 1.54) is 26.3 Å². The summed E-state index contributed by atoms with van der Waals surface area (Å²) in [4.78, 5) is 34.1. The Morgan fingerprint density at radius 2 is 1.55 bits per heavy atom. The normalized spacial score (nSPS) is 14.5. The highest BCUT2D eigenvalue weighted by molar-refractivity contribution is 6.34. The summed E-state index contributed by atoms with van der Waals surface area (Å²) >= 11 is 0. The van der Waals surface area contributed by atoms with E-state index in [4.69, 9.17) is 9.47 Å². The average molecular weight is 440 g/mol. The van der Waals surface area contributed by atoms with Crippen molar-refractivity contribution in [2.24, 2.45) is 0 Å². The first-order valence-corrected chi connectivity index (χ1v) is 11.7. The Labute approximate surface area is 186 Å². The molecule has 8 nitrogen and oxygen atoms in total. The number of allylic oxidation sites excluding steroid dienone is 2. The Hall–Kier alpha value is -1.93. The van der Waals surface area contributed by atoms with E-state index in [0.717, 1.165) is 64.6 Å². The van der Waals surface area contributed by atoms with Crippen molar-refractivity contribution in [3.63, 3.8) is 0 Å². The van der Waals surface area contributed by atoms with E-state index in [2.05, 4.69) is 28.1 Å². The van der Waals surface area contributed by atoms with Crippen LogP contribution < -0.4 is 16.0 Å². The minimum absolute atomic E-state index is 0.0210. The molecule has 1 fully saturated rings. The van der Waals surface area contributed by atoms with Crippen LogP contribution >= 0.6 is 0 Å². The Morgan fingerprint density at radius 3 is 2.26 bits per heavy atom. The van der Waals surface area contributed by atoms with Gasteiger partial charge in [0, 0.05) is 39.5 Å². The van der Waals surface area contributed by atoms with E-state index >= 15 is 0 Å². The van der Waals surface area contributed by atoms with Gasteiger partial charge in [0.05, 0.1) is 0 Å². The number of carbonyl (C=O) groups is 3. The molecule has 0 radical (unpaired) electrons. The summed E-state index contributed by atoms with van der Waals surface area (Å²) in [6, 6.07) is 0.238. The molecule has 1 saturated heterocycles. The summed E-state index contributed by atoms with van der Waals surface area (Å²) in [6.07, 6.45) is 15.9. The molecule has 0 bridgehead atoms. The maximum atomic E-state index is 11.8. The second-order valence-corrected chi connectivity index (χ2v) is 7.87. The van der Waals surface area contributed by atoms with Gasteiger partial charge in [-0.05, 0) is 51.4 Å². The van der Waals surface area contributed by atoms with Crippen LogP contribution in [0.25, 0.3) is 0 Å². The summed E-state index contributed by atoms with van der Waals surface area (Å²) in [5.74, 6) is -1.19. The Morgan fingerprint density at radius 1 is 0.903 bits per heavy atom. The molecule has 1 rings (SSSR count). The lowest BCUT2D eigenvalue weighted by Gasteiger charge is -2.23. The van der Waals surface area contributed by atoms with Gasteiger partial charge in [-0.25, -0.2) is 0 Å². The molecule has 1 heterocycles. The standard InChI is InChI=1S/C23H41N3O5/c1-24-22(28)23(29)25-15-11-9-7-5-3-2-4-6-8-10-12-16-31-19-21(27)26-20-13-17-30-18-14-20/h3,5,20H,2,4,6-19H2,1H3,(H,24,28)(H,25,29)(H,26,27). The van der Waals surface area contributed by atoms with Crippen molar-refractivity contribution in [3.8, 4) is 0 Å². The SMILES string of the molecule is CNC(=O)C(=O)NCCCCC=CCCCCCCCOCC(=O)NC1CCOCC1. The van der Waals surface area contributed by atoms with Crippen LogP contribution in [0.5, 0.6) is 0 Å². The Kier molecular flexibility index (Phi) is 16.4. The topological polar surface area (TPSA) is 106 Å². The van der Waals surface area contributed by atoms with Crippen molar-refractivity contribution >= 4 is 17.7 Å². The minimum Gasteiger partial charge on any atom is -0.381 e. The Balaban J connectivity index is 1.79. The zero-order valence-corrected chi connectivity index (χ0v) is 19.1. The largest absolute Gasteiger partial charge is 0.381 e. The predicted octanol–water partition coefficient (Wildman–Crippen LogP) is 2.23. The van der Waals surface area contributed by atoms with Gasteiger partial charge in [0.15, 0.2) is 0 Å². The first-order valence-electron chi connectivity index (χ1n) is 11.7. The molecule has 0 aromatic rings. The van der Waals surface area contributed by atoms with Crippen molar-refractivity contribution in [3.05, 3.63) is 12.2 Å². The van der Waals surface area contributed by atoms with Crippen LogP contribution in [0.15, 0.2) is 12.2 Å². The highest BCUT2D eigenvalue weighted by atomic mass is 16.5. The van der Waals surface area contributed by atoms with Gasteiger partial charge < -0.3 is 25.4 Å². The van der Waals surface area contributed by atoms with Gasteiger partial charge in [0.1, 0.15) is 6.61 Å². The molecule has 0 saturated carbocycles. The lowest BCUT2D eigenvalue weighted by molar-refractivity contribution is -0.138. The molecule has 1 aliphatic heterocycles. The number of amides is 3. The van der Waals surface area contributed by atoms with Crippen LogP contribution in [-0.4, -0.2) is 63.8 Å². The molecular weight excluding hydrogens is 398 g/mol. The van der Waals surface area contributed by atoms with Gasteiger partial charge >= 0.3 is 11.8 Å². The number of carbonyl (C=O) groups excluding carboxylic acids is 3. The predicted molar refractivity (Wildman–Crippen MR) is 121 cm³/mol. The van der Waals surface area contributed by atoms with Crippen LogP contribution in [0.1, 0.15) is 70.6 Å². The lowest BCUT2D eigenvalue weighted by Crippen LogP contribution is -2.40. The quantitative estimate of drug-likeness (QED) is 0.194. The lowest BCUT2D eigenvalue weighted by atomic mass is 10.1. The van der Waals surface area contributed by atoms with E-state index in [9.17, 15) is 14.4 Å². The molecule has 1 aliphatic rings. The average Bonchev–Trinajstić information content (AvgIpc) is 2.78. The van der Waals surface area contributed by atoms with Crippen LogP contribution in [0.2, 0.25) is 0 Å². The number of unbranched alkanes of at least 4 members (excludes halogenated alkanes) is 7. The summed E-state index contributed by atoms with van der Waals surface area (Å²) in [6.45, 7) is 2.78. The number of ether oxygens (including phenoxy) is 2. The van der Waals surface area contributed by atoms with Crippen molar-refractivity contribution in [1.82, 2.24) is 16.0 Å². The third kappa shape index (κ3) is 15.5. The van der Waals surface area contributed by atoms with Crippen molar-refractivity contribution in [1.29, 1.82) is 0 Å². The van der Waals surface area contributed by atoms with Gasteiger partial charge in [0.25, 0.3) is 0 Å². The van der Waals surface area contributed by atoms with Crippen molar-refractivity contribution in [2.75, 3.05) is 40.0 Å². The van der Waals surface area contributed by atoms with Crippen LogP contribution in [0, 0.1) is 0 Å². The molecular formula is C23H41N3O5. The van der Waals surface area contributed by atoms with E-state index in [0.29, 0.717) is 13.2 Å². The third-order valence-electron chi connectivity index (χ3n) is 5.16. The molecule has 31 heavy (non-hydrogen) atoms. The molecule has 0 atom stereocenters. The smallest absolute Gasteiger partial charge is 0.309 e. The van der Waals surface area contributed by atoms with Gasteiger partial charge in [0.2, 0.25) is 5.91 Å². The van der Waals surface area contributed by atoms with Crippen molar-refractivity contribution < 1.29 is 23.9 Å². The van der Waals surface area contributed by atoms with E-state index < -0.39 is 11.8 Å². The van der Waals surface area contributed by atoms with Gasteiger partial charge in [-0.15, -0.1) is 0 Å². The summed E-state index contributed by atoms with van der Waals surface area (Å²) in [5, 5.41) is 7.89. The van der Waals surface area contributed by atoms with Crippen LogP contribution in [-0.2, 0) is 23.9 Å². The summed E-state index contributed by atoms with van der Waals surface area (Å²) < 4.78 is 10.7. The maximum absolute atomic E-state index is 11.8. The van der Waals surface area contributed by atoms with Gasteiger partial charge in [-0.3, -0.25) is 14.4 Å². The number of nitrogens with one attached hydrogen (secondary N) is 3.